The zero-order chi connectivity index (χ0) is 21.6. The van der Waals surface area contributed by atoms with E-state index >= 15 is 0 Å². The molecule has 2 heterocycles. The van der Waals surface area contributed by atoms with E-state index in [9.17, 15) is 19.2 Å². The second-order valence-electron chi connectivity index (χ2n) is 5.53. The largest absolute Gasteiger partial charge is 0.468 e. The second kappa shape index (κ2) is 9.44. The van der Waals surface area contributed by atoms with Crippen molar-refractivity contribution < 1.29 is 38.1 Å². The van der Waals surface area contributed by atoms with Crippen LogP contribution < -0.4 is 0 Å². The van der Waals surface area contributed by atoms with Crippen molar-refractivity contribution in [2.45, 2.75) is 11.8 Å². The number of carbonyl (C=O) groups excluding carboxylic acids is 4. The van der Waals surface area contributed by atoms with Crippen LogP contribution in [0, 0.1) is 0 Å². The fourth-order valence-electron chi connectivity index (χ4n) is 2.70. The summed E-state index contributed by atoms with van der Waals surface area (Å²) in [5, 5.41) is 0. The number of ether oxygens (including phenoxy) is 4. The lowest BCUT2D eigenvalue weighted by molar-refractivity contribution is -0.155. The first-order valence-electron chi connectivity index (χ1n) is 8.21. The van der Waals surface area contributed by atoms with E-state index in [1.165, 1.54) is 29.1 Å². The van der Waals surface area contributed by atoms with Crippen molar-refractivity contribution in [1.29, 1.82) is 0 Å². The Morgan fingerprint density at radius 3 is 1.38 bits per heavy atom. The van der Waals surface area contributed by atoms with E-state index in [1.54, 1.807) is 6.07 Å². The van der Waals surface area contributed by atoms with Crippen LogP contribution in [0.15, 0.2) is 30.6 Å². The molecule has 0 aliphatic rings. The third-order valence-electron chi connectivity index (χ3n) is 4.03. The van der Waals surface area contributed by atoms with Gasteiger partial charge in [-0.2, -0.15) is 0 Å². The Bertz CT molecular complexity index is 824. The molecule has 0 amide bonds. The summed E-state index contributed by atoms with van der Waals surface area (Å²) in [4.78, 5) is 57.4. The van der Waals surface area contributed by atoms with E-state index < -0.39 is 35.7 Å². The molecule has 0 saturated heterocycles. The summed E-state index contributed by atoms with van der Waals surface area (Å²) in [5.74, 6) is -6.68. The highest BCUT2D eigenvalue weighted by Crippen LogP contribution is 2.30. The van der Waals surface area contributed by atoms with E-state index in [4.69, 9.17) is 18.9 Å². The van der Waals surface area contributed by atoms with Crippen LogP contribution in [0.3, 0.4) is 0 Å². The van der Waals surface area contributed by atoms with Crippen LogP contribution in [0.5, 0.6) is 0 Å². The number of hydrogen-bond acceptors (Lipinski definition) is 10. The molecule has 0 N–H and O–H groups in total. The van der Waals surface area contributed by atoms with Crippen LogP contribution in [0.4, 0.5) is 0 Å². The van der Waals surface area contributed by atoms with Crippen LogP contribution in [0.2, 0.25) is 0 Å². The molecule has 154 valence electrons. The smallest absolute Gasteiger partial charge is 0.326 e. The van der Waals surface area contributed by atoms with Gasteiger partial charge < -0.3 is 18.9 Å². The van der Waals surface area contributed by atoms with E-state index in [0.29, 0.717) is 0 Å². The maximum atomic E-state index is 12.3. The van der Waals surface area contributed by atoms with E-state index in [0.717, 1.165) is 28.4 Å². The quantitative estimate of drug-likeness (QED) is 0.355. The van der Waals surface area contributed by atoms with Gasteiger partial charge in [0.15, 0.2) is 11.8 Å². The van der Waals surface area contributed by atoms with Crippen LogP contribution in [0.25, 0.3) is 5.95 Å². The molecule has 0 atom stereocenters. The van der Waals surface area contributed by atoms with Crippen molar-refractivity contribution in [1.82, 2.24) is 14.5 Å². The van der Waals surface area contributed by atoms with Gasteiger partial charge in [-0.25, -0.2) is 9.97 Å². The van der Waals surface area contributed by atoms with Gasteiger partial charge in [0.05, 0.1) is 39.8 Å². The second-order valence-corrected chi connectivity index (χ2v) is 5.53. The molecular weight excluding hydrogens is 386 g/mol. The lowest BCUT2D eigenvalue weighted by Gasteiger charge is -2.19. The number of hydrogen-bond donors (Lipinski definition) is 0. The topological polar surface area (TPSA) is 136 Å². The summed E-state index contributed by atoms with van der Waals surface area (Å²) in [6.07, 6.45) is 2.82. The van der Waals surface area contributed by atoms with Crippen LogP contribution in [-0.2, 0) is 38.1 Å². The minimum absolute atomic E-state index is 0.00175. The third kappa shape index (κ3) is 4.23. The van der Waals surface area contributed by atoms with Gasteiger partial charge in [0.2, 0.25) is 5.95 Å². The highest BCUT2D eigenvalue weighted by molar-refractivity contribution is 6.02. The van der Waals surface area contributed by atoms with Gasteiger partial charge in [-0.05, 0) is 18.2 Å². The maximum Gasteiger partial charge on any atom is 0.326 e. The van der Waals surface area contributed by atoms with E-state index in [1.807, 2.05) is 0 Å². The summed E-state index contributed by atoms with van der Waals surface area (Å²) < 4.78 is 20.1. The summed E-state index contributed by atoms with van der Waals surface area (Å²) in [6.45, 7) is 0. The molecule has 0 saturated carbocycles. The Morgan fingerprint density at radius 2 is 1.07 bits per heavy atom. The van der Waals surface area contributed by atoms with Crippen molar-refractivity contribution in [3.05, 3.63) is 42.0 Å². The van der Waals surface area contributed by atoms with Crippen molar-refractivity contribution in [2.24, 2.45) is 0 Å². The van der Waals surface area contributed by atoms with E-state index in [-0.39, 0.29) is 17.3 Å². The van der Waals surface area contributed by atoms with Crippen LogP contribution in [-0.4, -0.2) is 66.9 Å². The molecular formula is C18H19N3O8. The lowest BCUT2D eigenvalue weighted by Crippen LogP contribution is -2.30. The fourth-order valence-corrected chi connectivity index (χ4v) is 2.70. The highest BCUT2D eigenvalue weighted by Gasteiger charge is 2.39. The van der Waals surface area contributed by atoms with Crippen molar-refractivity contribution in [3.63, 3.8) is 0 Å². The molecule has 2 aromatic rings. The molecule has 0 bridgehead atoms. The Kier molecular flexibility index (Phi) is 7.01. The van der Waals surface area contributed by atoms with Crippen molar-refractivity contribution in [2.75, 3.05) is 28.4 Å². The summed E-state index contributed by atoms with van der Waals surface area (Å²) in [5.41, 5.74) is 0.0606. The van der Waals surface area contributed by atoms with Gasteiger partial charge in [-0.3, -0.25) is 23.7 Å². The van der Waals surface area contributed by atoms with Gasteiger partial charge in [-0.15, -0.1) is 0 Å². The Balaban J connectivity index is 2.80. The molecule has 0 aliphatic carbocycles. The predicted molar refractivity (Wildman–Crippen MR) is 94.9 cm³/mol. The standard InChI is InChI=1S/C18H19N3O8/c1-26-14(22)12(15(23)27-2)10-6-7-11(13(16(24)28-3)17(25)29-4)21(10)18-19-8-5-9-20-18/h5-9,12-13H,1-4H3. The van der Waals surface area contributed by atoms with Gasteiger partial charge in [-0.1, -0.05) is 0 Å². The fraction of sp³-hybridized carbons (Fsp3) is 0.333. The monoisotopic (exact) mass is 405 g/mol. The number of aromatic nitrogens is 3. The number of rotatable bonds is 7. The Hall–Kier alpha value is -3.76. The molecule has 0 radical (unpaired) electrons. The SMILES string of the molecule is COC(=O)C(C(=O)OC)c1ccc(C(C(=O)OC)C(=O)OC)n1-c1ncccn1. The third-order valence-corrected chi connectivity index (χ3v) is 4.03. The average molecular weight is 405 g/mol. The zero-order valence-electron chi connectivity index (χ0n) is 16.1. The molecule has 0 unspecified atom stereocenters. The van der Waals surface area contributed by atoms with Crippen LogP contribution >= 0.6 is 0 Å². The molecule has 2 aromatic heterocycles. The van der Waals surface area contributed by atoms with Crippen molar-refractivity contribution in [3.8, 4) is 5.95 Å². The summed E-state index contributed by atoms with van der Waals surface area (Å²) in [7, 11) is 4.43. The van der Waals surface area contributed by atoms with E-state index in [2.05, 4.69) is 9.97 Å². The van der Waals surface area contributed by atoms with Crippen LogP contribution in [0.1, 0.15) is 23.2 Å². The molecule has 0 fully saturated rings. The summed E-state index contributed by atoms with van der Waals surface area (Å²) >= 11 is 0. The van der Waals surface area contributed by atoms with Crippen molar-refractivity contribution >= 4 is 23.9 Å². The first-order chi connectivity index (χ1) is 13.9. The van der Waals surface area contributed by atoms with Gasteiger partial charge in [0.25, 0.3) is 0 Å². The van der Waals surface area contributed by atoms with Gasteiger partial charge >= 0.3 is 23.9 Å². The Morgan fingerprint density at radius 1 is 0.724 bits per heavy atom. The Labute approximate surface area is 165 Å². The molecule has 11 nitrogen and oxygen atoms in total. The zero-order valence-corrected chi connectivity index (χ0v) is 16.1. The number of nitrogens with zero attached hydrogens (tertiary/aromatic N) is 3. The molecule has 0 spiro atoms. The molecule has 11 heteroatoms. The number of esters is 4. The summed E-state index contributed by atoms with van der Waals surface area (Å²) in [6, 6.07) is 4.27. The number of carbonyl (C=O) groups is 4. The minimum atomic E-state index is -1.52. The normalized spacial score (nSPS) is 10.6. The first kappa shape index (κ1) is 21.5. The molecule has 0 aromatic carbocycles. The minimum Gasteiger partial charge on any atom is -0.468 e. The van der Waals surface area contributed by atoms with Gasteiger partial charge in [0.1, 0.15) is 0 Å². The average Bonchev–Trinajstić information content (AvgIpc) is 3.17. The number of methoxy groups -OCH3 is 4. The predicted octanol–water partition coefficient (Wildman–Crippen LogP) is 0.127. The molecule has 0 aliphatic heterocycles. The lowest BCUT2D eigenvalue weighted by atomic mass is 10.1. The molecule has 29 heavy (non-hydrogen) atoms. The van der Waals surface area contributed by atoms with Gasteiger partial charge in [0, 0.05) is 12.4 Å². The molecule has 2 rings (SSSR count). The highest BCUT2D eigenvalue weighted by atomic mass is 16.5. The first-order valence-corrected chi connectivity index (χ1v) is 8.21. The maximum absolute atomic E-state index is 12.3.